The Bertz CT molecular complexity index is 758. The van der Waals surface area contributed by atoms with Gasteiger partial charge >= 0.3 is 5.69 Å². The minimum absolute atomic E-state index is 0.0296. The van der Waals surface area contributed by atoms with Crippen LogP contribution in [-0.4, -0.2) is 9.97 Å². The molecule has 0 bridgehead atoms. The third kappa shape index (κ3) is 2.65. The van der Waals surface area contributed by atoms with E-state index in [1.807, 2.05) is 36.4 Å². The summed E-state index contributed by atoms with van der Waals surface area (Å²) < 4.78 is 0. The van der Waals surface area contributed by atoms with Crippen LogP contribution in [0.25, 0.3) is 11.0 Å². The molecule has 0 radical (unpaired) electrons. The van der Waals surface area contributed by atoms with Gasteiger partial charge in [-0.1, -0.05) is 36.4 Å². The largest absolute Gasteiger partial charge is 0.324 e. The van der Waals surface area contributed by atoms with Gasteiger partial charge in [0.05, 0.1) is 11.0 Å². The Kier molecular flexibility index (Phi) is 3.39. The number of nitrogens with two attached hydrogens (primary N) is 1. The molecule has 0 aliphatic carbocycles. The van der Waals surface area contributed by atoms with Gasteiger partial charge in [-0.3, -0.25) is 0 Å². The molecule has 4 heteroatoms. The zero-order valence-corrected chi connectivity index (χ0v) is 11.1. The van der Waals surface area contributed by atoms with Gasteiger partial charge in [-0.05, 0) is 36.1 Å². The fourth-order valence-corrected chi connectivity index (χ4v) is 2.41. The van der Waals surface area contributed by atoms with E-state index in [-0.39, 0.29) is 11.7 Å². The van der Waals surface area contributed by atoms with Gasteiger partial charge in [-0.2, -0.15) is 0 Å². The van der Waals surface area contributed by atoms with Crippen LogP contribution < -0.4 is 11.4 Å². The number of rotatable bonds is 4. The second-order valence-corrected chi connectivity index (χ2v) is 5.01. The highest BCUT2D eigenvalue weighted by atomic mass is 16.1. The summed E-state index contributed by atoms with van der Waals surface area (Å²) in [5.41, 5.74) is 10.0. The van der Waals surface area contributed by atoms with Crippen LogP contribution in [0, 0.1) is 0 Å². The van der Waals surface area contributed by atoms with Crippen LogP contribution in [0.5, 0.6) is 0 Å². The molecule has 4 nitrogen and oxygen atoms in total. The summed E-state index contributed by atoms with van der Waals surface area (Å²) in [4.78, 5) is 16.7. The van der Waals surface area contributed by atoms with Crippen molar-refractivity contribution >= 4 is 11.0 Å². The fraction of sp³-hybridized carbons (Fsp3) is 0.188. The molecule has 1 aromatic heterocycles. The van der Waals surface area contributed by atoms with Crippen molar-refractivity contribution in [2.75, 3.05) is 0 Å². The molecule has 20 heavy (non-hydrogen) atoms. The molecular weight excluding hydrogens is 250 g/mol. The SMILES string of the molecule is NC(CCc1ccccc1)c1ccc2[nH]c(=O)[nH]c2c1. The number of nitrogens with one attached hydrogen (secondary N) is 2. The van der Waals surface area contributed by atoms with Crippen LogP contribution in [0.1, 0.15) is 23.6 Å². The normalized spacial score (nSPS) is 12.7. The molecule has 1 atom stereocenters. The van der Waals surface area contributed by atoms with Crippen molar-refractivity contribution in [1.29, 1.82) is 0 Å². The van der Waals surface area contributed by atoms with Crippen molar-refractivity contribution in [3.63, 3.8) is 0 Å². The van der Waals surface area contributed by atoms with Gasteiger partial charge in [0.15, 0.2) is 0 Å². The number of aryl methyl sites for hydroxylation is 1. The van der Waals surface area contributed by atoms with Crippen molar-refractivity contribution in [2.24, 2.45) is 5.73 Å². The average Bonchev–Trinajstić information content (AvgIpc) is 2.85. The highest BCUT2D eigenvalue weighted by molar-refractivity contribution is 5.75. The van der Waals surface area contributed by atoms with E-state index < -0.39 is 0 Å². The van der Waals surface area contributed by atoms with E-state index in [2.05, 4.69) is 22.1 Å². The standard InChI is InChI=1S/C16H17N3O/c17-13(8-6-11-4-2-1-3-5-11)12-7-9-14-15(10-12)19-16(20)18-14/h1-5,7,9-10,13H,6,8,17H2,(H2,18,19,20). The van der Waals surface area contributed by atoms with Gasteiger partial charge in [0, 0.05) is 6.04 Å². The Morgan fingerprint density at radius 2 is 1.75 bits per heavy atom. The lowest BCUT2D eigenvalue weighted by atomic mass is 9.99. The molecule has 0 saturated heterocycles. The molecule has 0 fully saturated rings. The van der Waals surface area contributed by atoms with E-state index in [1.54, 1.807) is 0 Å². The number of imidazole rings is 1. The average molecular weight is 267 g/mol. The number of fused-ring (bicyclic) bond motifs is 1. The Morgan fingerprint density at radius 3 is 2.55 bits per heavy atom. The molecule has 0 spiro atoms. The monoisotopic (exact) mass is 267 g/mol. The molecule has 0 amide bonds. The summed E-state index contributed by atoms with van der Waals surface area (Å²) in [6.07, 6.45) is 1.83. The first-order valence-electron chi connectivity index (χ1n) is 6.74. The van der Waals surface area contributed by atoms with E-state index in [0.29, 0.717) is 0 Å². The van der Waals surface area contributed by atoms with Crippen LogP contribution >= 0.6 is 0 Å². The molecule has 1 heterocycles. The van der Waals surface area contributed by atoms with Gasteiger partial charge in [-0.25, -0.2) is 4.79 Å². The minimum atomic E-state index is -0.185. The van der Waals surface area contributed by atoms with Crippen molar-refractivity contribution in [3.05, 3.63) is 70.1 Å². The van der Waals surface area contributed by atoms with E-state index in [9.17, 15) is 4.79 Å². The highest BCUT2D eigenvalue weighted by Crippen LogP contribution is 2.19. The molecule has 2 aromatic carbocycles. The van der Waals surface area contributed by atoms with Gasteiger partial charge in [0.1, 0.15) is 0 Å². The summed E-state index contributed by atoms with van der Waals surface area (Å²) in [6, 6.07) is 16.1. The van der Waals surface area contributed by atoms with Crippen LogP contribution in [0.2, 0.25) is 0 Å². The van der Waals surface area contributed by atoms with Gasteiger partial charge in [0.25, 0.3) is 0 Å². The number of aromatic amines is 2. The lowest BCUT2D eigenvalue weighted by Gasteiger charge is -2.12. The van der Waals surface area contributed by atoms with E-state index in [0.717, 1.165) is 29.4 Å². The zero-order chi connectivity index (χ0) is 13.9. The first-order chi connectivity index (χ1) is 9.72. The molecule has 0 aliphatic rings. The second kappa shape index (κ2) is 5.35. The van der Waals surface area contributed by atoms with Crippen LogP contribution in [0.4, 0.5) is 0 Å². The molecular formula is C16H17N3O. The molecule has 102 valence electrons. The Labute approximate surface area is 116 Å². The quantitative estimate of drug-likeness (QED) is 0.679. The van der Waals surface area contributed by atoms with Gasteiger partial charge in [0.2, 0.25) is 0 Å². The van der Waals surface area contributed by atoms with Crippen molar-refractivity contribution < 1.29 is 0 Å². The number of hydrogen-bond donors (Lipinski definition) is 3. The smallest absolute Gasteiger partial charge is 0.323 e. The fourth-order valence-electron chi connectivity index (χ4n) is 2.41. The molecule has 4 N–H and O–H groups in total. The maximum absolute atomic E-state index is 11.2. The van der Waals surface area contributed by atoms with Gasteiger partial charge in [-0.15, -0.1) is 0 Å². The van der Waals surface area contributed by atoms with Crippen molar-refractivity contribution in [1.82, 2.24) is 9.97 Å². The molecule has 0 saturated carbocycles. The van der Waals surface area contributed by atoms with E-state index in [4.69, 9.17) is 5.73 Å². The van der Waals surface area contributed by atoms with Crippen molar-refractivity contribution in [2.45, 2.75) is 18.9 Å². The first-order valence-corrected chi connectivity index (χ1v) is 6.74. The second-order valence-electron chi connectivity index (χ2n) is 5.01. The predicted octanol–water partition coefficient (Wildman–Crippen LogP) is 2.49. The Hall–Kier alpha value is -2.33. The third-order valence-electron chi connectivity index (χ3n) is 3.56. The predicted molar refractivity (Wildman–Crippen MR) is 80.6 cm³/mol. The number of H-pyrrole nitrogens is 2. The van der Waals surface area contributed by atoms with Gasteiger partial charge < -0.3 is 15.7 Å². The highest BCUT2D eigenvalue weighted by Gasteiger charge is 2.08. The minimum Gasteiger partial charge on any atom is -0.324 e. The topological polar surface area (TPSA) is 74.7 Å². The van der Waals surface area contributed by atoms with Crippen LogP contribution in [-0.2, 0) is 6.42 Å². The first kappa shape index (κ1) is 12.7. The summed E-state index contributed by atoms with van der Waals surface area (Å²) >= 11 is 0. The number of aromatic nitrogens is 2. The summed E-state index contributed by atoms with van der Waals surface area (Å²) in [5.74, 6) is 0. The Balaban J connectivity index is 1.74. The number of hydrogen-bond acceptors (Lipinski definition) is 2. The lowest BCUT2D eigenvalue weighted by molar-refractivity contribution is 0.652. The lowest BCUT2D eigenvalue weighted by Crippen LogP contribution is -2.11. The summed E-state index contributed by atoms with van der Waals surface area (Å²) in [7, 11) is 0. The maximum Gasteiger partial charge on any atom is 0.323 e. The molecule has 3 rings (SSSR count). The summed E-state index contributed by atoms with van der Waals surface area (Å²) in [5, 5.41) is 0. The van der Waals surface area contributed by atoms with Crippen LogP contribution in [0.15, 0.2) is 53.3 Å². The number of benzene rings is 2. The van der Waals surface area contributed by atoms with E-state index in [1.165, 1.54) is 5.56 Å². The third-order valence-corrected chi connectivity index (χ3v) is 3.56. The Morgan fingerprint density at radius 1 is 1.00 bits per heavy atom. The van der Waals surface area contributed by atoms with E-state index >= 15 is 0 Å². The van der Waals surface area contributed by atoms with Crippen LogP contribution in [0.3, 0.4) is 0 Å². The molecule has 0 aliphatic heterocycles. The summed E-state index contributed by atoms with van der Waals surface area (Å²) in [6.45, 7) is 0. The zero-order valence-electron chi connectivity index (χ0n) is 11.1. The maximum atomic E-state index is 11.2. The van der Waals surface area contributed by atoms with Crippen molar-refractivity contribution in [3.8, 4) is 0 Å². The molecule has 1 unspecified atom stereocenters. The molecule has 3 aromatic rings.